The SMILES string of the molecule is Cc1cc(Oc2ccccc2)ccc1-c1cccc2cc[nH]c12. The molecule has 0 aliphatic heterocycles. The monoisotopic (exact) mass is 299 g/mol. The molecule has 4 rings (SSSR count). The lowest BCUT2D eigenvalue weighted by Gasteiger charge is -2.11. The van der Waals surface area contributed by atoms with Gasteiger partial charge in [0.25, 0.3) is 0 Å². The number of nitrogens with one attached hydrogen (secondary N) is 1. The van der Waals surface area contributed by atoms with Crippen molar-refractivity contribution in [3.8, 4) is 22.6 Å². The van der Waals surface area contributed by atoms with Crippen molar-refractivity contribution < 1.29 is 4.74 Å². The second-order valence-electron chi connectivity index (χ2n) is 5.64. The fraction of sp³-hybridized carbons (Fsp3) is 0.0476. The largest absolute Gasteiger partial charge is 0.457 e. The van der Waals surface area contributed by atoms with Crippen molar-refractivity contribution in [3.05, 3.63) is 84.6 Å². The first-order chi connectivity index (χ1) is 11.3. The molecule has 0 fully saturated rings. The van der Waals surface area contributed by atoms with Crippen LogP contribution in [-0.2, 0) is 0 Å². The fourth-order valence-electron chi connectivity index (χ4n) is 2.94. The third-order valence-electron chi connectivity index (χ3n) is 4.05. The first kappa shape index (κ1) is 13.6. The zero-order valence-corrected chi connectivity index (χ0v) is 12.9. The van der Waals surface area contributed by atoms with E-state index in [2.05, 4.69) is 48.3 Å². The number of aromatic amines is 1. The van der Waals surface area contributed by atoms with Crippen molar-refractivity contribution in [1.82, 2.24) is 4.98 Å². The van der Waals surface area contributed by atoms with Crippen LogP contribution < -0.4 is 4.74 Å². The Hall–Kier alpha value is -3.00. The van der Waals surface area contributed by atoms with Crippen molar-refractivity contribution in [2.45, 2.75) is 6.92 Å². The van der Waals surface area contributed by atoms with E-state index < -0.39 is 0 Å². The van der Waals surface area contributed by atoms with Crippen LogP contribution in [0.1, 0.15) is 5.56 Å². The van der Waals surface area contributed by atoms with Gasteiger partial charge in [0, 0.05) is 11.8 Å². The predicted octanol–water partition coefficient (Wildman–Crippen LogP) is 5.94. The van der Waals surface area contributed by atoms with Crippen LogP contribution in [0.5, 0.6) is 11.5 Å². The van der Waals surface area contributed by atoms with Crippen LogP contribution in [0.25, 0.3) is 22.0 Å². The summed E-state index contributed by atoms with van der Waals surface area (Å²) in [7, 11) is 0. The second kappa shape index (κ2) is 5.65. The van der Waals surface area contributed by atoms with Gasteiger partial charge in [0.05, 0.1) is 5.52 Å². The van der Waals surface area contributed by atoms with Gasteiger partial charge in [-0.15, -0.1) is 0 Å². The maximum Gasteiger partial charge on any atom is 0.127 e. The van der Waals surface area contributed by atoms with Gasteiger partial charge in [0.2, 0.25) is 0 Å². The highest BCUT2D eigenvalue weighted by Gasteiger charge is 2.08. The van der Waals surface area contributed by atoms with Gasteiger partial charge in [0.15, 0.2) is 0 Å². The minimum absolute atomic E-state index is 0.853. The molecule has 23 heavy (non-hydrogen) atoms. The molecule has 0 bridgehead atoms. The number of benzene rings is 3. The molecular weight excluding hydrogens is 282 g/mol. The van der Waals surface area contributed by atoms with E-state index in [4.69, 9.17) is 4.74 Å². The predicted molar refractivity (Wildman–Crippen MR) is 95.0 cm³/mol. The van der Waals surface area contributed by atoms with Gasteiger partial charge >= 0.3 is 0 Å². The Kier molecular flexibility index (Phi) is 3.35. The molecule has 112 valence electrons. The standard InChI is InChI=1S/C21H17NO/c1-15-14-18(23-17-7-3-2-4-8-17)10-11-19(15)20-9-5-6-16-12-13-22-21(16)20/h2-14,22H,1H3. The van der Waals surface area contributed by atoms with Crippen LogP contribution in [0.15, 0.2) is 79.0 Å². The van der Waals surface area contributed by atoms with E-state index in [1.165, 1.54) is 27.6 Å². The summed E-state index contributed by atoms with van der Waals surface area (Å²) in [6.07, 6.45) is 1.98. The molecule has 4 aromatic rings. The summed E-state index contributed by atoms with van der Waals surface area (Å²) >= 11 is 0. The lowest BCUT2D eigenvalue weighted by atomic mass is 9.98. The van der Waals surface area contributed by atoms with Crippen molar-refractivity contribution in [3.63, 3.8) is 0 Å². The van der Waals surface area contributed by atoms with Crippen LogP contribution in [-0.4, -0.2) is 4.98 Å². The summed E-state index contributed by atoms with van der Waals surface area (Å²) in [5, 5.41) is 1.23. The van der Waals surface area contributed by atoms with Gasteiger partial charge in [0.1, 0.15) is 11.5 Å². The highest BCUT2D eigenvalue weighted by molar-refractivity contribution is 5.94. The molecule has 2 heteroatoms. The number of para-hydroxylation sites is 2. The minimum atomic E-state index is 0.853. The number of aryl methyl sites for hydroxylation is 1. The number of aromatic nitrogens is 1. The molecule has 3 aromatic carbocycles. The Balaban J connectivity index is 1.72. The molecule has 0 aliphatic carbocycles. The zero-order valence-electron chi connectivity index (χ0n) is 12.9. The second-order valence-corrected chi connectivity index (χ2v) is 5.64. The van der Waals surface area contributed by atoms with E-state index in [0.29, 0.717) is 0 Å². The molecule has 0 atom stereocenters. The molecular formula is C21H17NO. The lowest BCUT2D eigenvalue weighted by molar-refractivity contribution is 0.482. The zero-order chi connectivity index (χ0) is 15.6. The van der Waals surface area contributed by atoms with E-state index in [-0.39, 0.29) is 0 Å². The van der Waals surface area contributed by atoms with Crippen LogP contribution in [0.3, 0.4) is 0 Å². The average Bonchev–Trinajstić information content (AvgIpc) is 3.05. The third-order valence-corrected chi connectivity index (χ3v) is 4.05. The Bertz CT molecular complexity index is 954. The van der Waals surface area contributed by atoms with Crippen LogP contribution >= 0.6 is 0 Å². The molecule has 1 N–H and O–H groups in total. The van der Waals surface area contributed by atoms with Gasteiger partial charge in [-0.3, -0.25) is 0 Å². The topological polar surface area (TPSA) is 25.0 Å². The first-order valence-electron chi connectivity index (χ1n) is 7.71. The third kappa shape index (κ3) is 2.59. The highest BCUT2D eigenvalue weighted by Crippen LogP contribution is 2.33. The number of hydrogen-bond acceptors (Lipinski definition) is 1. The van der Waals surface area contributed by atoms with Gasteiger partial charge < -0.3 is 9.72 Å². The van der Waals surface area contributed by atoms with E-state index in [1.54, 1.807) is 0 Å². The molecule has 1 heterocycles. The average molecular weight is 299 g/mol. The smallest absolute Gasteiger partial charge is 0.127 e. The summed E-state index contributed by atoms with van der Waals surface area (Å²) in [6, 6.07) is 24.6. The van der Waals surface area contributed by atoms with Crippen molar-refractivity contribution in [1.29, 1.82) is 0 Å². The summed E-state index contributed by atoms with van der Waals surface area (Å²) in [6.45, 7) is 2.12. The molecule has 0 saturated carbocycles. The normalized spacial score (nSPS) is 10.8. The lowest BCUT2D eigenvalue weighted by Crippen LogP contribution is -1.88. The van der Waals surface area contributed by atoms with Gasteiger partial charge in [-0.05, 0) is 53.8 Å². The molecule has 1 aromatic heterocycles. The number of rotatable bonds is 3. The van der Waals surface area contributed by atoms with Gasteiger partial charge in [-0.2, -0.15) is 0 Å². The van der Waals surface area contributed by atoms with Crippen LogP contribution in [0.2, 0.25) is 0 Å². The van der Waals surface area contributed by atoms with Gasteiger partial charge in [-0.25, -0.2) is 0 Å². The number of fused-ring (bicyclic) bond motifs is 1. The quantitative estimate of drug-likeness (QED) is 0.498. The molecule has 0 radical (unpaired) electrons. The molecule has 0 aliphatic rings. The summed E-state index contributed by atoms with van der Waals surface area (Å²) in [5.74, 6) is 1.71. The Morgan fingerprint density at radius 2 is 1.61 bits per heavy atom. The summed E-state index contributed by atoms with van der Waals surface area (Å²) < 4.78 is 5.91. The molecule has 0 spiro atoms. The molecule has 0 saturated heterocycles. The maximum atomic E-state index is 5.91. The maximum absolute atomic E-state index is 5.91. The fourth-order valence-corrected chi connectivity index (χ4v) is 2.94. The van der Waals surface area contributed by atoms with E-state index >= 15 is 0 Å². The summed E-state index contributed by atoms with van der Waals surface area (Å²) in [5.41, 5.74) is 4.81. The van der Waals surface area contributed by atoms with Crippen LogP contribution in [0.4, 0.5) is 0 Å². The Morgan fingerprint density at radius 1 is 0.739 bits per heavy atom. The van der Waals surface area contributed by atoms with Crippen molar-refractivity contribution in [2.24, 2.45) is 0 Å². The molecule has 2 nitrogen and oxygen atoms in total. The van der Waals surface area contributed by atoms with Crippen molar-refractivity contribution >= 4 is 10.9 Å². The van der Waals surface area contributed by atoms with Crippen LogP contribution in [0, 0.1) is 6.92 Å². The van der Waals surface area contributed by atoms with Gasteiger partial charge in [-0.1, -0.05) is 42.5 Å². The Morgan fingerprint density at radius 3 is 2.43 bits per heavy atom. The van der Waals surface area contributed by atoms with Crippen molar-refractivity contribution in [2.75, 3.05) is 0 Å². The number of H-pyrrole nitrogens is 1. The Labute approximate surface area is 135 Å². The summed E-state index contributed by atoms with van der Waals surface area (Å²) in [4.78, 5) is 3.34. The van der Waals surface area contributed by atoms with E-state index in [9.17, 15) is 0 Å². The molecule has 0 unspecified atom stereocenters. The number of hydrogen-bond donors (Lipinski definition) is 1. The minimum Gasteiger partial charge on any atom is -0.457 e. The van der Waals surface area contributed by atoms with E-state index in [1.807, 2.05) is 42.6 Å². The number of ether oxygens (including phenoxy) is 1. The highest BCUT2D eigenvalue weighted by atomic mass is 16.5. The molecule has 0 amide bonds. The van der Waals surface area contributed by atoms with E-state index in [0.717, 1.165) is 11.5 Å². The first-order valence-corrected chi connectivity index (χ1v) is 7.71.